The molecular weight excluding hydrogens is 361 g/mol. The van der Waals surface area contributed by atoms with Crippen LogP contribution < -0.4 is 5.32 Å². The van der Waals surface area contributed by atoms with Crippen LogP contribution in [0, 0.1) is 0 Å². The summed E-state index contributed by atoms with van der Waals surface area (Å²) in [5.74, 6) is -0.299. The van der Waals surface area contributed by atoms with Crippen LogP contribution in [0.4, 0.5) is 13.2 Å². The van der Waals surface area contributed by atoms with E-state index in [9.17, 15) is 18.3 Å². The Morgan fingerprint density at radius 3 is 2.50 bits per heavy atom. The van der Waals surface area contributed by atoms with E-state index in [0.717, 1.165) is 25.6 Å². The fraction of sp³-hybridized carbons (Fsp3) is 0.600. The van der Waals surface area contributed by atoms with Crippen molar-refractivity contribution in [3.8, 4) is 5.75 Å². The maximum atomic E-state index is 13.4. The van der Waals surface area contributed by atoms with Crippen LogP contribution in [0.25, 0.3) is 0 Å². The van der Waals surface area contributed by atoms with Gasteiger partial charge in [0.2, 0.25) is 0 Å². The molecule has 0 aliphatic carbocycles. The number of phenols is 1. The van der Waals surface area contributed by atoms with Crippen molar-refractivity contribution in [1.29, 1.82) is 0 Å². The average molecular weight is 381 g/mol. The highest BCUT2D eigenvalue weighted by Gasteiger charge is 2.38. The maximum absolute atomic E-state index is 13.4. The van der Waals surface area contributed by atoms with E-state index < -0.39 is 17.8 Å². The van der Waals surface area contributed by atoms with Crippen LogP contribution >= 0.6 is 15.9 Å². The minimum atomic E-state index is -4.48. The zero-order valence-electron chi connectivity index (χ0n) is 12.4. The zero-order chi connectivity index (χ0) is 16.3. The predicted octanol–water partition coefficient (Wildman–Crippen LogP) is 3.92. The van der Waals surface area contributed by atoms with Crippen LogP contribution in [0.3, 0.4) is 0 Å². The smallest absolute Gasteiger partial charge is 0.416 e. The standard InChI is InChI=1S/C15H20BrF3N2O/c1-2-3-12(21-8-6-20-7-9-21)13-10(15(17,18)19)4-5-11(16)14(13)22/h4-5,12,20,22H,2-3,6-9H2,1H3/t12-/m1/s1. The van der Waals surface area contributed by atoms with Crippen molar-refractivity contribution >= 4 is 15.9 Å². The number of alkyl halides is 3. The van der Waals surface area contributed by atoms with Gasteiger partial charge in [0.25, 0.3) is 0 Å². The topological polar surface area (TPSA) is 35.5 Å². The minimum Gasteiger partial charge on any atom is -0.506 e. The molecule has 1 aromatic carbocycles. The van der Waals surface area contributed by atoms with Crippen LogP contribution in [0.15, 0.2) is 16.6 Å². The molecule has 0 bridgehead atoms. The Morgan fingerprint density at radius 1 is 1.32 bits per heavy atom. The molecule has 1 aliphatic rings. The highest BCUT2D eigenvalue weighted by molar-refractivity contribution is 9.10. The first-order chi connectivity index (χ1) is 10.4. The van der Waals surface area contributed by atoms with Gasteiger partial charge in [0.1, 0.15) is 5.75 Å². The van der Waals surface area contributed by atoms with Crippen LogP contribution in [0.1, 0.15) is 36.9 Å². The van der Waals surface area contributed by atoms with Gasteiger partial charge in [0.15, 0.2) is 0 Å². The van der Waals surface area contributed by atoms with E-state index in [4.69, 9.17) is 0 Å². The van der Waals surface area contributed by atoms with Gasteiger partial charge >= 0.3 is 6.18 Å². The van der Waals surface area contributed by atoms with Crippen molar-refractivity contribution in [2.75, 3.05) is 26.2 Å². The lowest BCUT2D eigenvalue weighted by Gasteiger charge is -2.36. The second kappa shape index (κ2) is 7.19. The van der Waals surface area contributed by atoms with Gasteiger partial charge in [-0.25, -0.2) is 0 Å². The van der Waals surface area contributed by atoms with Crippen LogP contribution in [-0.4, -0.2) is 36.2 Å². The fourth-order valence-electron chi connectivity index (χ4n) is 2.94. The Hall–Kier alpha value is -0.790. The van der Waals surface area contributed by atoms with Gasteiger partial charge < -0.3 is 10.4 Å². The van der Waals surface area contributed by atoms with Gasteiger partial charge in [-0.3, -0.25) is 4.90 Å². The zero-order valence-corrected chi connectivity index (χ0v) is 14.0. The molecule has 2 N–H and O–H groups in total. The van der Waals surface area contributed by atoms with Gasteiger partial charge in [-0.15, -0.1) is 0 Å². The number of rotatable bonds is 4. The van der Waals surface area contributed by atoms with Crippen molar-refractivity contribution < 1.29 is 18.3 Å². The summed E-state index contributed by atoms with van der Waals surface area (Å²) in [6.45, 7) is 4.78. The quantitative estimate of drug-likeness (QED) is 0.830. The second-order valence-electron chi connectivity index (χ2n) is 5.45. The predicted molar refractivity (Wildman–Crippen MR) is 82.9 cm³/mol. The first-order valence-corrected chi connectivity index (χ1v) is 8.19. The number of nitrogens with one attached hydrogen (secondary N) is 1. The first kappa shape index (κ1) is 17.6. The molecule has 0 spiro atoms. The van der Waals surface area contributed by atoms with E-state index in [0.29, 0.717) is 24.0 Å². The van der Waals surface area contributed by atoms with Gasteiger partial charge in [0.05, 0.1) is 10.0 Å². The summed E-state index contributed by atoms with van der Waals surface area (Å²) < 4.78 is 40.4. The fourth-order valence-corrected chi connectivity index (χ4v) is 3.29. The molecule has 0 saturated carbocycles. The Kier molecular flexibility index (Phi) is 5.74. The molecular formula is C15H20BrF3N2O. The van der Waals surface area contributed by atoms with Crippen LogP contribution in [0.2, 0.25) is 0 Å². The van der Waals surface area contributed by atoms with Gasteiger partial charge in [-0.1, -0.05) is 13.3 Å². The third kappa shape index (κ3) is 3.75. The van der Waals surface area contributed by atoms with Crippen molar-refractivity contribution in [2.45, 2.75) is 32.0 Å². The Morgan fingerprint density at radius 2 is 1.95 bits per heavy atom. The molecule has 1 fully saturated rings. The van der Waals surface area contributed by atoms with E-state index in [1.165, 1.54) is 6.07 Å². The van der Waals surface area contributed by atoms with E-state index in [1.54, 1.807) is 0 Å². The van der Waals surface area contributed by atoms with Gasteiger partial charge in [-0.2, -0.15) is 13.2 Å². The molecule has 1 atom stereocenters. The maximum Gasteiger partial charge on any atom is 0.416 e. The Labute approximate surface area is 136 Å². The lowest BCUT2D eigenvalue weighted by molar-refractivity contribution is -0.139. The molecule has 0 amide bonds. The molecule has 1 aromatic rings. The van der Waals surface area contributed by atoms with Gasteiger partial charge in [0, 0.05) is 37.8 Å². The number of benzene rings is 1. The molecule has 2 rings (SSSR count). The molecule has 0 radical (unpaired) electrons. The molecule has 3 nitrogen and oxygen atoms in total. The second-order valence-corrected chi connectivity index (χ2v) is 6.30. The monoisotopic (exact) mass is 380 g/mol. The third-order valence-electron chi connectivity index (χ3n) is 3.96. The molecule has 1 aliphatic heterocycles. The number of hydrogen-bond donors (Lipinski definition) is 2. The van der Waals surface area contributed by atoms with Crippen LogP contribution in [-0.2, 0) is 6.18 Å². The van der Waals surface area contributed by atoms with E-state index in [2.05, 4.69) is 21.2 Å². The number of piperazine rings is 1. The SMILES string of the molecule is CCC[C@H](c1c(C(F)(F)F)ccc(Br)c1O)N1CCNCC1. The molecule has 7 heteroatoms. The molecule has 1 saturated heterocycles. The number of aromatic hydroxyl groups is 1. The van der Waals surface area contributed by atoms with Gasteiger partial charge in [-0.05, 0) is 34.5 Å². The molecule has 124 valence electrons. The van der Waals surface area contributed by atoms with Crippen LogP contribution in [0.5, 0.6) is 5.75 Å². The normalized spacial score (nSPS) is 18.4. The minimum absolute atomic E-state index is 0.00868. The average Bonchev–Trinajstić information content (AvgIpc) is 2.47. The lowest BCUT2D eigenvalue weighted by atomic mass is 9.93. The summed E-state index contributed by atoms with van der Waals surface area (Å²) in [4.78, 5) is 2.02. The van der Waals surface area contributed by atoms with E-state index >= 15 is 0 Å². The van der Waals surface area contributed by atoms with Crippen molar-refractivity contribution in [2.24, 2.45) is 0 Å². The molecule has 0 unspecified atom stereocenters. The lowest BCUT2D eigenvalue weighted by Crippen LogP contribution is -2.45. The molecule has 22 heavy (non-hydrogen) atoms. The first-order valence-electron chi connectivity index (χ1n) is 7.39. The van der Waals surface area contributed by atoms with Crippen molar-refractivity contribution in [3.05, 3.63) is 27.7 Å². The largest absolute Gasteiger partial charge is 0.506 e. The number of phenolic OH excluding ortho intramolecular Hbond substituents is 1. The number of halogens is 4. The van der Waals surface area contributed by atoms with E-state index in [-0.39, 0.29) is 11.3 Å². The molecule has 0 aromatic heterocycles. The Balaban J connectivity index is 2.51. The summed E-state index contributed by atoms with van der Waals surface area (Å²) in [6.07, 6.45) is -3.15. The number of hydrogen-bond acceptors (Lipinski definition) is 3. The highest BCUT2D eigenvalue weighted by Crippen LogP contribution is 2.45. The van der Waals surface area contributed by atoms with Crippen molar-refractivity contribution in [3.63, 3.8) is 0 Å². The third-order valence-corrected chi connectivity index (χ3v) is 4.60. The highest BCUT2D eigenvalue weighted by atomic mass is 79.9. The van der Waals surface area contributed by atoms with E-state index in [1.807, 2.05) is 11.8 Å². The summed E-state index contributed by atoms with van der Waals surface area (Å²) in [7, 11) is 0. The summed E-state index contributed by atoms with van der Waals surface area (Å²) >= 11 is 3.14. The van der Waals surface area contributed by atoms with Crippen molar-refractivity contribution in [1.82, 2.24) is 10.2 Å². The Bertz CT molecular complexity index is 516. The summed E-state index contributed by atoms with van der Waals surface area (Å²) in [5.41, 5.74) is -0.754. The molecule has 1 heterocycles. The summed E-state index contributed by atoms with van der Waals surface area (Å²) in [5, 5.41) is 13.5. The summed E-state index contributed by atoms with van der Waals surface area (Å²) in [6, 6.07) is 1.87. The number of nitrogens with zero attached hydrogens (tertiary/aromatic N) is 1.